The molecule has 0 aliphatic rings. The molecular weight excluding hydrogens is 346 g/mol. The number of rotatable bonds is 5. The SMILES string of the molecule is O=C(CNC(=O)c1ccccc1Cl)NCc1nc2ccccc2s1. The Morgan fingerprint density at radius 2 is 1.79 bits per heavy atom. The van der Waals surface area contributed by atoms with E-state index in [2.05, 4.69) is 15.6 Å². The Hall–Kier alpha value is -2.44. The van der Waals surface area contributed by atoms with E-state index >= 15 is 0 Å². The molecule has 0 saturated heterocycles. The van der Waals surface area contributed by atoms with Crippen molar-refractivity contribution < 1.29 is 9.59 Å². The van der Waals surface area contributed by atoms with Gasteiger partial charge in [-0.15, -0.1) is 11.3 Å². The van der Waals surface area contributed by atoms with Crippen molar-refractivity contribution in [3.05, 3.63) is 64.1 Å². The Bertz CT molecular complexity index is 861. The van der Waals surface area contributed by atoms with E-state index in [1.165, 1.54) is 11.3 Å². The van der Waals surface area contributed by atoms with Crippen LogP contribution in [0.15, 0.2) is 48.5 Å². The van der Waals surface area contributed by atoms with Gasteiger partial charge in [0.05, 0.1) is 33.9 Å². The van der Waals surface area contributed by atoms with Crippen LogP contribution in [0.2, 0.25) is 5.02 Å². The number of nitrogens with one attached hydrogen (secondary N) is 2. The third-order valence-corrected chi connectivity index (χ3v) is 4.67. The predicted molar refractivity (Wildman–Crippen MR) is 95.3 cm³/mol. The van der Waals surface area contributed by atoms with Gasteiger partial charge in [0.2, 0.25) is 5.91 Å². The number of aromatic nitrogens is 1. The Labute approximate surface area is 147 Å². The molecule has 1 heterocycles. The summed E-state index contributed by atoms with van der Waals surface area (Å²) in [5.41, 5.74) is 1.26. The highest BCUT2D eigenvalue weighted by molar-refractivity contribution is 7.18. The number of hydrogen-bond acceptors (Lipinski definition) is 4. The zero-order valence-electron chi connectivity index (χ0n) is 12.6. The van der Waals surface area contributed by atoms with Crippen molar-refractivity contribution in [2.75, 3.05) is 6.54 Å². The van der Waals surface area contributed by atoms with Crippen LogP contribution < -0.4 is 10.6 Å². The molecule has 5 nitrogen and oxygen atoms in total. The van der Waals surface area contributed by atoms with Gasteiger partial charge < -0.3 is 10.6 Å². The highest BCUT2D eigenvalue weighted by Crippen LogP contribution is 2.21. The summed E-state index contributed by atoms with van der Waals surface area (Å²) in [5.74, 6) is -0.662. The van der Waals surface area contributed by atoms with Gasteiger partial charge in [0.1, 0.15) is 5.01 Å². The molecule has 0 radical (unpaired) electrons. The minimum atomic E-state index is -0.379. The van der Waals surface area contributed by atoms with Crippen LogP contribution in [0.25, 0.3) is 10.2 Å². The lowest BCUT2D eigenvalue weighted by atomic mass is 10.2. The Kier molecular flexibility index (Phi) is 5.08. The van der Waals surface area contributed by atoms with E-state index in [0.29, 0.717) is 17.1 Å². The topological polar surface area (TPSA) is 71.1 Å². The van der Waals surface area contributed by atoms with Crippen LogP contribution in [-0.2, 0) is 11.3 Å². The van der Waals surface area contributed by atoms with Crippen LogP contribution in [0.3, 0.4) is 0 Å². The molecule has 0 aliphatic heterocycles. The Morgan fingerprint density at radius 1 is 1.04 bits per heavy atom. The number of thiazole rings is 1. The molecule has 0 unspecified atom stereocenters. The number of amides is 2. The van der Waals surface area contributed by atoms with Crippen LogP contribution in [0.1, 0.15) is 15.4 Å². The molecule has 1 aromatic heterocycles. The monoisotopic (exact) mass is 359 g/mol. The molecule has 0 fully saturated rings. The van der Waals surface area contributed by atoms with Crippen molar-refractivity contribution in [2.45, 2.75) is 6.54 Å². The van der Waals surface area contributed by atoms with Gasteiger partial charge in [-0.25, -0.2) is 4.98 Å². The summed E-state index contributed by atoms with van der Waals surface area (Å²) in [4.78, 5) is 28.3. The van der Waals surface area contributed by atoms with Crippen molar-refractivity contribution in [3.63, 3.8) is 0 Å². The van der Waals surface area contributed by atoms with Crippen LogP contribution in [0.4, 0.5) is 0 Å². The largest absolute Gasteiger partial charge is 0.348 e. The first-order chi connectivity index (χ1) is 11.6. The smallest absolute Gasteiger partial charge is 0.253 e. The average Bonchev–Trinajstić information content (AvgIpc) is 3.01. The summed E-state index contributed by atoms with van der Waals surface area (Å²) in [6, 6.07) is 14.5. The standard InChI is InChI=1S/C17H14ClN3O2S/c18-12-6-2-1-5-11(12)17(23)20-9-15(22)19-10-16-21-13-7-3-4-8-14(13)24-16/h1-8H,9-10H2,(H,19,22)(H,20,23). The molecule has 2 amide bonds. The minimum absolute atomic E-state index is 0.116. The molecule has 7 heteroatoms. The van der Waals surface area contributed by atoms with E-state index in [4.69, 9.17) is 11.6 Å². The molecule has 2 N–H and O–H groups in total. The number of benzene rings is 2. The van der Waals surface area contributed by atoms with E-state index < -0.39 is 0 Å². The van der Waals surface area contributed by atoms with E-state index in [1.54, 1.807) is 24.3 Å². The molecule has 2 aromatic carbocycles. The normalized spacial score (nSPS) is 10.5. The minimum Gasteiger partial charge on any atom is -0.348 e. The van der Waals surface area contributed by atoms with Crippen LogP contribution >= 0.6 is 22.9 Å². The molecule has 0 aliphatic carbocycles. The van der Waals surface area contributed by atoms with Crippen molar-refractivity contribution in [1.82, 2.24) is 15.6 Å². The number of nitrogens with zero attached hydrogens (tertiary/aromatic N) is 1. The lowest BCUT2D eigenvalue weighted by molar-refractivity contribution is -0.120. The average molecular weight is 360 g/mol. The first-order valence-electron chi connectivity index (χ1n) is 7.27. The molecule has 24 heavy (non-hydrogen) atoms. The highest BCUT2D eigenvalue weighted by atomic mass is 35.5. The van der Waals surface area contributed by atoms with Gasteiger partial charge in [-0.05, 0) is 24.3 Å². The highest BCUT2D eigenvalue weighted by Gasteiger charge is 2.11. The number of carbonyl (C=O) groups is 2. The van der Waals surface area contributed by atoms with Gasteiger partial charge in [-0.1, -0.05) is 35.9 Å². The number of fused-ring (bicyclic) bond motifs is 1. The van der Waals surface area contributed by atoms with Gasteiger partial charge in [0.25, 0.3) is 5.91 Å². The third kappa shape index (κ3) is 3.90. The second kappa shape index (κ2) is 7.42. The predicted octanol–water partition coefficient (Wildman–Crippen LogP) is 3.00. The summed E-state index contributed by atoms with van der Waals surface area (Å²) >= 11 is 7.48. The van der Waals surface area contributed by atoms with Crippen molar-refractivity contribution in [2.24, 2.45) is 0 Å². The molecule has 122 valence electrons. The Morgan fingerprint density at radius 3 is 2.58 bits per heavy atom. The number of para-hydroxylation sites is 1. The van der Waals surface area contributed by atoms with E-state index in [1.807, 2.05) is 24.3 Å². The fraction of sp³-hybridized carbons (Fsp3) is 0.118. The molecule has 3 rings (SSSR count). The zero-order valence-corrected chi connectivity index (χ0v) is 14.2. The maximum absolute atomic E-state index is 12.0. The molecule has 0 saturated carbocycles. The fourth-order valence-corrected chi connectivity index (χ4v) is 3.26. The van der Waals surface area contributed by atoms with Crippen molar-refractivity contribution in [1.29, 1.82) is 0 Å². The maximum Gasteiger partial charge on any atom is 0.253 e. The second-order valence-corrected chi connectivity index (χ2v) is 6.54. The summed E-state index contributed by atoms with van der Waals surface area (Å²) in [6.45, 7) is 0.217. The van der Waals surface area contributed by atoms with Crippen LogP contribution in [0, 0.1) is 0 Å². The van der Waals surface area contributed by atoms with Gasteiger partial charge in [-0.3, -0.25) is 9.59 Å². The summed E-state index contributed by atoms with van der Waals surface area (Å²) in [6.07, 6.45) is 0. The fourth-order valence-electron chi connectivity index (χ4n) is 2.13. The van der Waals surface area contributed by atoms with Crippen LogP contribution in [0.5, 0.6) is 0 Å². The lowest BCUT2D eigenvalue weighted by Crippen LogP contribution is -2.36. The summed E-state index contributed by atoms with van der Waals surface area (Å²) in [7, 11) is 0. The second-order valence-electron chi connectivity index (χ2n) is 5.01. The Balaban J connectivity index is 1.51. The third-order valence-electron chi connectivity index (χ3n) is 3.30. The lowest BCUT2D eigenvalue weighted by Gasteiger charge is -2.07. The van der Waals surface area contributed by atoms with Crippen molar-refractivity contribution >= 4 is 45.0 Å². The van der Waals surface area contributed by atoms with Crippen molar-refractivity contribution in [3.8, 4) is 0 Å². The number of carbonyl (C=O) groups excluding carboxylic acids is 2. The van der Waals surface area contributed by atoms with Gasteiger partial charge in [0.15, 0.2) is 0 Å². The van der Waals surface area contributed by atoms with Gasteiger partial charge in [-0.2, -0.15) is 0 Å². The van der Waals surface area contributed by atoms with E-state index in [9.17, 15) is 9.59 Å². The van der Waals surface area contributed by atoms with E-state index in [0.717, 1.165) is 15.2 Å². The van der Waals surface area contributed by atoms with E-state index in [-0.39, 0.29) is 18.4 Å². The molecular formula is C17H14ClN3O2S. The van der Waals surface area contributed by atoms with Crippen LogP contribution in [-0.4, -0.2) is 23.3 Å². The van der Waals surface area contributed by atoms with Gasteiger partial charge in [0, 0.05) is 0 Å². The molecule has 0 atom stereocenters. The van der Waals surface area contributed by atoms with Gasteiger partial charge >= 0.3 is 0 Å². The number of halogens is 1. The summed E-state index contributed by atoms with van der Waals surface area (Å²) in [5, 5.41) is 6.47. The molecule has 0 bridgehead atoms. The summed E-state index contributed by atoms with van der Waals surface area (Å²) < 4.78 is 1.08. The maximum atomic E-state index is 12.0. The first kappa shape index (κ1) is 16.4. The molecule has 0 spiro atoms. The molecule has 3 aromatic rings. The zero-order chi connectivity index (χ0) is 16.9. The first-order valence-corrected chi connectivity index (χ1v) is 8.47. The quantitative estimate of drug-likeness (QED) is 0.735. The number of hydrogen-bond donors (Lipinski definition) is 2.